The van der Waals surface area contributed by atoms with E-state index in [9.17, 15) is 4.79 Å². The quantitative estimate of drug-likeness (QED) is 0.745. The molecule has 0 aliphatic carbocycles. The largest absolute Gasteiger partial charge is 0.365 e. The first-order valence-electron chi connectivity index (χ1n) is 6.75. The fourth-order valence-corrected chi connectivity index (χ4v) is 2.67. The second kappa shape index (κ2) is 5.75. The predicted octanol–water partition coefficient (Wildman–Crippen LogP) is 1.24. The lowest BCUT2D eigenvalue weighted by Crippen LogP contribution is -2.44. The summed E-state index contributed by atoms with van der Waals surface area (Å²) in [6.07, 6.45) is 1.63. The molecule has 0 atom stereocenters. The van der Waals surface area contributed by atoms with Crippen molar-refractivity contribution in [3.8, 4) is 11.3 Å². The zero-order chi connectivity index (χ0) is 14.8. The molecule has 7 heteroatoms. The number of aromatic amines is 1. The summed E-state index contributed by atoms with van der Waals surface area (Å²) in [6.45, 7) is 3.43. The van der Waals surface area contributed by atoms with Gasteiger partial charge in [-0.15, -0.1) is 0 Å². The minimum Gasteiger partial charge on any atom is -0.365 e. The molecule has 0 spiro atoms. The molecule has 6 nitrogen and oxygen atoms in total. The number of pyridine rings is 1. The van der Waals surface area contributed by atoms with Crippen LogP contribution in [0, 0.1) is 0 Å². The van der Waals surface area contributed by atoms with E-state index in [1.165, 1.54) is 0 Å². The van der Waals surface area contributed by atoms with Crippen LogP contribution in [0.5, 0.6) is 0 Å². The topological polar surface area (TPSA) is 87.0 Å². The summed E-state index contributed by atoms with van der Waals surface area (Å²) < 4.78 is 0. The van der Waals surface area contributed by atoms with E-state index < -0.39 is 5.91 Å². The minimum atomic E-state index is -0.439. The number of hydrogen-bond acceptors (Lipinski definition) is 4. The molecule has 1 amide bonds. The number of H-pyrrole nitrogens is 1. The number of carbonyl (C=O) groups excluding carboxylic acids is 1. The maximum absolute atomic E-state index is 11.7. The van der Waals surface area contributed by atoms with E-state index in [1.807, 2.05) is 6.07 Å². The first kappa shape index (κ1) is 13.9. The SMILES string of the molecule is NC(=O)c1cc(-c2ccnc(Cl)c2)[nH]c1N1CCNCC1. The molecule has 1 aliphatic heterocycles. The van der Waals surface area contributed by atoms with E-state index in [-0.39, 0.29) is 0 Å². The first-order chi connectivity index (χ1) is 10.1. The van der Waals surface area contributed by atoms with E-state index in [2.05, 4.69) is 20.2 Å². The van der Waals surface area contributed by atoms with Crippen LogP contribution in [0.1, 0.15) is 10.4 Å². The number of anilines is 1. The van der Waals surface area contributed by atoms with Gasteiger partial charge in [0.1, 0.15) is 11.0 Å². The van der Waals surface area contributed by atoms with Crippen LogP contribution in [0.25, 0.3) is 11.3 Å². The normalized spacial score (nSPS) is 15.2. The van der Waals surface area contributed by atoms with Crippen LogP contribution >= 0.6 is 11.6 Å². The smallest absolute Gasteiger partial charge is 0.252 e. The summed E-state index contributed by atoms with van der Waals surface area (Å²) >= 11 is 5.92. The molecular formula is C14H16ClN5O. The molecule has 1 saturated heterocycles. The molecule has 110 valence electrons. The number of hydrogen-bond donors (Lipinski definition) is 3. The Labute approximate surface area is 127 Å². The number of halogens is 1. The number of carbonyl (C=O) groups is 1. The number of piperazine rings is 1. The van der Waals surface area contributed by atoms with Gasteiger partial charge >= 0.3 is 0 Å². The lowest BCUT2D eigenvalue weighted by atomic mass is 10.2. The molecule has 0 saturated carbocycles. The molecule has 2 aromatic rings. The van der Waals surface area contributed by atoms with Gasteiger partial charge in [0, 0.05) is 43.6 Å². The van der Waals surface area contributed by atoms with E-state index in [1.54, 1.807) is 18.3 Å². The summed E-state index contributed by atoms with van der Waals surface area (Å²) in [5.41, 5.74) is 7.68. The number of amides is 1. The van der Waals surface area contributed by atoms with Crippen molar-refractivity contribution in [2.45, 2.75) is 0 Å². The Balaban J connectivity index is 2.01. The summed E-state index contributed by atoms with van der Waals surface area (Å²) in [5, 5.41) is 3.69. The Hall–Kier alpha value is -2.05. The zero-order valence-electron chi connectivity index (χ0n) is 11.4. The molecule has 1 aliphatic rings. The van der Waals surface area contributed by atoms with Crippen molar-refractivity contribution in [3.05, 3.63) is 35.1 Å². The van der Waals surface area contributed by atoms with Crippen molar-refractivity contribution in [1.29, 1.82) is 0 Å². The molecule has 0 unspecified atom stereocenters. The summed E-state index contributed by atoms with van der Waals surface area (Å²) in [7, 11) is 0. The summed E-state index contributed by atoms with van der Waals surface area (Å²) in [5.74, 6) is 0.332. The highest BCUT2D eigenvalue weighted by atomic mass is 35.5. The minimum absolute atomic E-state index is 0.409. The highest BCUT2D eigenvalue weighted by Crippen LogP contribution is 2.28. The van der Waals surface area contributed by atoms with Crippen molar-refractivity contribution < 1.29 is 4.79 Å². The predicted molar refractivity (Wildman–Crippen MR) is 82.6 cm³/mol. The van der Waals surface area contributed by atoms with Crippen molar-refractivity contribution in [1.82, 2.24) is 15.3 Å². The standard InChI is InChI=1S/C14H16ClN5O/c15-12-7-9(1-2-18-12)11-8-10(13(16)21)14(19-11)20-5-3-17-4-6-20/h1-2,7-8,17,19H,3-6H2,(H2,16,21). The van der Waals surface area contributed by atoms with Crippen LogP contribution in [-0.4, -0.2) is 42.1 Å². The molecular weight excluding hydrogens is 290 g/mol. The van der Waals surface area contributed by atoms with Gasteiger partial charge in [0.25, 0.3) is 5.91 Å². The average molecular weight is 306 g/mol. The molecule has 3 heterocycles. The molecule has 21 heavy (non-hydrogen) atoms. The monoisotopic (exact) mass is 305 g/mol. The molecule has 4 N–H and O–H groups in total. The third-order valence-electron chi connectivity index (χ3n) is 3.53. The van der Waals surface area contributed by atoms with Crippen LogP contribution in [0.4, 0.5) is 5.82 Å². The molecule has 0 radical (unpaired) electrons. The van der Waals surface area contributed by atoms with Gasteiger partial charge in [-0.25, -0.2) is 4.98 Å². The van der Waals surface area contributed by atoms with Crippen molar-refractivity contribution >= 4 is 23.3 Å². The molecule has 0 aromatic carbocycles. The average Bonchev–Trinajstić information content (AvgIpc) is 2.93. The first-order valence-corrected chi connectivity index (χ1v) is 7.13. The van der Waals surface area contributed by atoms with E-state index in [0.29, 0.717) is 10.7 Å². The number of nitrogens with zero attached hydrogens (tertiary/aromatic N) is 2. The van der Waals surface area contributed by atoms with E-state index >= 15 is 0 Å². The van der Waals surface area contributed by atoms with Crippen LogP contribution < -0.4 is 16.0 Å². The molecule has 0 bridgehead atoms. The van der Waals surface area contributed by atoms with Crippen molar-refractivity contribution in [2.75, 3.05) is 31.1 Å². The fraction of sp³-hybridized carbons (Fsp3) is 0.286. The maximum atomic E-state index is 11.7. The van der Waals surface area contributed by atoms with Crippen LogP contribution in [0.2, 0.25) is 5.15 Å². The second-order valence-electron chi connectivity index (χ2n) is 4.91. The second-order valence-corrected chi connectivity index (χ2v) is 5.30. The lowest BCUT2D eigenvalue weighted by molar-refractivity contribution is 0.100. The van der Waals surface area contributed by atoms with Gasteiger partial charge in [-0.2, -0.15) is 0 Å². The van der Waals surface area contributed by atoms with Gasteiger partial charge in [0.05, 0.1) is 5.56 Å². The summed E-state index contributed by atoms with van der Waals surface area (Å²) in [6, 6.07) is 5.36. The van der Waals surface area contributed by atoms with Crippen molar-refractivity contribution in [2.24, 2.45) is 5.73 Å². The van der Waals surface area contributed by atoms with Gasteiger partial charge in [0.15, 0.2) is 0 Å². The van der Waals surface area contributed by atoms with Crippen LogP contribution in [-0.2, 0) is 0 Å². The molecule has 2 aromatic heterocycles. The number of nitrogens with two attached hydrogens (primary N) is 1. The number of rotatable bonds is 3. The zero-order valence-corrected chi connectivity index (χ0v) is 12.2. The number of nitrogens with one attached hydrogen (secondary N) is 2. The highest BCUT2D eigenvalue weighted by molar-refractivity contribution is 6.29. The Morgan fingerprint density at radius 2 is 2.10 bits per heavy atom. The van der Waals surface area contributed by atoms with Crippen LogP contribution in [0.3, 0.4) is 0 Å². The Bertz CT molecular complexity index is 663. The maximum Gasteiger partial charge on any atom is 0.252 e. The van der Waals surface area contributed by atoms with Gasteiger partial charge < -0.3 is 20.9 Å². The fourth-order valence-electron chi connectivity index (χ4n) is 2.49. The Kier molecular flexibility index (Phi) is 3.81. The third kappa shape index (κ3) is 2.86. The van der Waals surface area contributed by atoms with Gasteiger partial charge in [-0.05, 0) is 18.2 Å². The van der Waals surface area contributed by atoms with E-state index in [0.717, 1.165) is 43.3 Å². The summed E-state index contributed by atoms with van der Waals surface area (Å²) in [4.78, 5) is 21.1. The number of primary amides is 1. The third-order valence-corrected chi connectivity index (χ3v) is 3.74. The lowest BCUT2D eigenvalue weighted by Gasteiger charge is -2.28. The Morgan fingerprint density at radius 3 is 2.76 bits per heavy atom. The molecule has 1 fully saturated rings. The number of aromatic nitrogens is 2. The molecule has 3 rings (SSSR count). The highest BCUT2D eigenvalue weighted by Gasteiger charge is 2.20. The van der Waals surface area contributed by atoms with Crippen molar-refractivity contribution in [3.63, 3.8) is 0 Å². The van der Waals surface area contributed by atoms with Gasteiger partial charge in [0.2, 0.25) is 0 Å². The Morgan fingerprint density at radius 1 is 1.33 bits per heavy atom. The van der Waals surface area contributed by atoms with Crippen LogP contribution in [0.15, 0.2) is 24.4 Å². The van der Waals surface area contributed by atoms with Gasteiger partial charge in [-0.3, -0.25) is 4.79 Å². The van der Waals surface area contributed by atoms with Gasteiger partial charge in [-0.1, -0.05) is 11.6 Å². The van der Waals surface area contributed by atoms with E-state index in [4.69, 9.17) is 17.3 Å².